The molecule has 0 aromatic heterocycles. The molecule has 1 nitrogen and oxygen atoms in total. The van der Waals surface area contributed by atoms with Crippen molar-refractivity contribution in [1.82, 2.24) is 4.90 Å². The van der Waals surface area contributed by atoms with E-state index in [0.717, 1.165) is 16.0 Å². The van der Waals surface area contributed by atoms with E-state index < -0.39 is 0 Å². The van der Waals surface area contributed by atoms with Crippen LogP contribution in [0.1, 0.15) is 12.0 Å². The first kappa shape index (κ1) is 9.50. The minimum Gasteiger partial charge on any atom is -0.299 e. The average Bonchev–Trinajstić information content (AvgIpc) is 2.04. The molecule has 1 aromatic carbocycles. The van der Waals surface area contributed by atoms with Gasteiger partial charge in [0.15, 0.2) is 0 Å². The molecule has 0 N–H and O–H groups in total. The summed E-state index contributed by atoms with van der Waals surface area (Å²) in [4.78, 5) is 2.41. The number of benzene rings is 1. The van der Waals surface area contributed by atoms with Crippen LogP contribution in [-0.4, -0.2) is 18.0 Å². The molecular weight excluding hydrogens is 249 g/mol. The molecule has 0 saturated carbocycles. The molecule has 0 amide bonds. The third-order valence-electron chi connectivity index (χ3n) is 2.37. The third-order valence-corrected chi connectivity index (χ3v) is 3.85. The van der Waals surface area contributed by atoms with Crippen molar-refractivity contribution >= 4 is 27.5 Å². The maximum atomic E-state index is 5.99. The quantitative estimate of drug-likeness (QED) is 0.788. The van der Waals surface area contributed by atoms with Crippen LogP contribution in [0.15, 0.2) is 22.7 Å². The van der Waals surface area contributed by atoms with Gasteiger partial charge in [0, 0.05) is 11.0 Å². The molecular formula is C10H11BrClN. The van der Waals surface area contributed by atoms with Gasteiger partial charge in [-0.1, -0.05) is 23.7 Å². The Bertz CT molecular complexity index is 310. The van der Waals surface area contributed by atoms with Crippen LogP contribution in [0.2, 0.25) is 5.02 Å². The highest BCUT2D eigenvalue weighted by atomic mass is 79.9. The number of likely N-dealkylation sites (tertiary alicyclic amines) is 1. The largest absolute Gasteiger partial charge is 0.299 e. The summed E-state index contributed by atoms with van der Waals surface area (Å²) in [5.74, 6) is 0. The van der Waals surface area contributed by atoms with Crippen molar-refractivity contribution in [1.29, 1.82) is 0 Å². The first-order chi connectivity index (χ1) is 6.27. The summed E-state index contributed by atoms with van der Waals surface area (Å²) >= 11 is 9.50. The van der Waals surface area contributed by atoms with Crippen LogP contribution >= 0.6 is 27.5 Å². The van der Waals surface area contributed by atoms with Gasteiger partial charge >= 0.3 is 0 Å². The summed E-state index contributed by atoms with van der Waals surface area (Å²) in [6.45, 7) is 3.46. The van der Waals surface area contributed by atoms with Gasteiger partial charge in [-0.2, -0.15) is 0 Å². The summed E-state index contributed by atoms with van der Waals surface area (Å²) in [6.07, 6.45) is 1.33. The maximum absolute atomic E-state index is 5.99. The average molecular weight is 261 g/mol. The number of hydrogen-bond acceptors (Lipinski definition) is 1. The van der Waals surface area contributed by atoms with Gasteiger partial charge in [0.05, 0.1) is 5.02 Å². The van der Waals surface area contributed by atoms with Crippen LogP contribution in [0.25, 0.3) is 0 Å². The Hall–Kier alpha value is -0.0500. The predicted molar refractivity (Wildman–Crippen MR) is 59.0 cm³/mol. The second-order valence-corrected chi connectivity index (χ2v) is 4.54. The van der Waals surface area contributed by atoms with Crippen LogP contribution in [0.4, 0.5) is 0 Å². The fraction of sp³-hybridized carbons (Fsp3) is 0.400. The normalized spacial score (nSPS) is 17.1. The lowest BCUT2D eigenvalue weighted by molar-refractivity contribution is 0.172. The third kappa shape index (κ3) is 2.06. The van der Waals surface area contributed by atoms with Gasteiger partial charge in [-0.15, -0.1) is 0 Å². The number of nitrogens with zero attached hydrogens (tertiary/aromatic N) is 1. The van der Waals surface area contributed by atoms with Crippen molar-refractivity contribution in [3.63, 3.8) is 0 Å². The van der Waals surface area contributed by atoms with Gasteiger partial charge in [-0.25, -0.2) is 0 Å². The summed E-state index contributed by atoms with van der Waals surface area (Å²) in [5, 5.41) is 0.804. The molecule has 0 atom stereocenters. The maximum Gasteiger partial charge on any atom is 0.0551 e. The van der Waals surface area contributed by atoms with Crippen molar-refractivity contribution in [3.05, 3.63) is 33.3 Å². The lowest BCUT2D eigenvalue weighted by Gasteiger charge is -2.31. The Balaban J connectivity index is 2.14. The van der Waals surface area contributed by atoms with E-state index in [9.17, 15) is 0 Å². The Morgan fingerprint density at radius 1 is 1.38 bits per heavy atom. The molecule has 3 heteroatoms. The molecule has 1 aliphatic rings. The van der Waals surface area contributed by atoms with E-state index in [1.54, 1.807) is 0 Å². The highest BCUT2D eigenvalue weighted by molar-refractivity contribution is 9.10. The number of hydrogen-bond donors (Lipinski definition) is 0. The molecule has 0 spiro atoms. The van der Waals surface area contributed by atoms with Gasteiger partial charge in [-0.3, -0.25) is 4.90 Å². The zero-order valence-corrected chi connectivity index (χ0v) is 9.61. The van der Waals surface area contributed by atoms with Crippen LogP contribution < -0.4 is 0 Å². The highest BCUT2D eigenvalue weighted by Crippen LogP contribution is 2.27. The second-order valence-electron chi connectivity index (χ2n) is 3.34. The topological polar surface area (TPSA) is 3.24 Å². The molecule has 1 aromatic rings. The fourth-order valence-corrected chi connectivity index (χ4v) is 2.04. The minimum atomic E-state index is 0.804. The summed E-state index contributed by atoms with van der Waals surface area (Å²) < 4.78 is 1.04. The standard InChI is InChI=1S/C10H11BrClN/c11-10-8(3-1-4-9(10)12)7-13-5-2-6-13/h1,3-4H,2,5-7H2. The van der Waals surface area contributed by atoms with Crippen molar-refractivity contribution in [3.8, 4) is 0 Å². The molecule has 70 valence electrons. The Morgan fingerprint density at radius 3 is 2.77 bits per heavy atom. The molecule has 0 radical (unpaired) electrons. The van der Waals surface area contributed by atoms with E-state index in [0.29, 0.717) is 0 Å². The first-order valence-corrected chi connectivity index (χ1v) is 5.60. The van der Waals surface area contributed by atoms with E-state index in [4.69, 9.17) is 11.6 Å². The zero-order valence-electron chi connectivity index (χ0n) is 7.26. The van der Waals surface area contributed by atoms with E-state index in [1.807, 2.05) is 12.1 Å². The van der Waals surface area contributed by atoms with Crippen molar-refractivity contribution in [2.75, 3.05) is 13.1 Å². The van der Waals surface area contributed by atoms with E-state index >= 15 is 0 Å². The van der Waals surface area contributed by atoms with Crippen molar-refractivity contribution in [2.24, 2.45) is 0 Å². The zero-order chi connectivity index (χ0) is 9.26. The molecule has 13 heavy (non-hydrogen) atoms. The first-order valence-electron chi connectivity index (χ1n) is 4.42. The van der Waals surface area contributed by atoms with Crippen molar-refractivity contribution in [2.45, 2.75) is 13.0 Å². The van der Waals surface area contributed by atoms with Crippen LogP contribution in [0.5, 0.6) is 0 Å². The van der Waals surface area contributed by atoms with Crippen LogP contribution in [0, 0.1) is 0 Å². The number of rotatable bonds is 2. The summed E-state index contributed by atoms with van der Waals surface area (Å²) in [6, 6.07) is 6.03. The Morgan fingerprint density at radius 2 is 2.15 bits per heavy atom. The Kier molecular flexibility index (Phi) is 2.92. The Labute approximate surface area is 91.8 Å². The molecule has 0 bridgehead atoms. The molecule has 2 rings (SSSR count). The van der Waals surface area contributed by atoms with Gasteiger partial charge in [0.1, 0.15) is 0 Å². The minimum absolute atomic E-state index is 0.804. The lowest BCUT2D eigenvalue weighted by atomic mass is 10.1. The van der Waals surface area contributed by atoms with Gasteiger partial charge < -0.3 is 0 Å². The van der Waals surface area contributed by atoms with Crippen LogP contribution in [-0.2, 0) is 6.54 Å². The predicted octanol–water partition coefficient (Wildman–Crippen LogP) is 3.31. The highest BCUT2D eigenvalue weighted by Gasteiger charge is 2.15. The van der Waals surface area contributed by atoms with Crippen molar-refractivity contribution < 1.29 is 0 Å². The molecule has 1 aliphatic heterocycles. The number of halogens is 2. The molecule has 1 saturated heterocycles. The SMILES string of the molecule is Clc1cccc(CN2CCC2)c1Br. The lowest BCUT2D eigenvalue weighted by Crippen LogP contribution is -2.36. The van der Waals surface area contributed by atoms with E-state index in [2.05, 4.69) is 26.9 Å². The molecule has 1 heterocycles. The van der Waals surface area contributed by atoms with Gasteiger partial charge in [0.2, 0.25) is 0 Å². The molecule has 0 aliphatic carbocycles. The van der Waals surface area contributed by atoms with Crippen LogP contribution in [0.3, 0.4) is 0 Å². The molecule has 1 fully saturated rings. The van der Waals surface area contributed by atoms with E-state index in [1.165, 1.54) is 25.1 Å². The smallest absolute Gasteiger partial charge is 0.0551 e. The monoisotopic (exact) mass is 259 g/mol. The van der Waals surface area contributed by atoms with Gasteiger partial charge in [0.25, 0.3) is 0 Å². The summed E-state index contributed by atoms with van der Waals surface area (Å²) in [7, 11) is 0. The fourth-order valence-electron chi connectivity index (χ4n) is 1.45. The summed E-state index contributed by atoms with van der Waals surface area (Å²) in [5.41, 5.74) is 1.28. The van der Waals surface area contributed by atoms with E-state index in [-0.39, 0.29) is 0 Å². The second kappa shape index (κ2) is 3.99. The molecule has 0 unspecified atom stereocenters. The van der Waals surface area contributed by atoms with Gasteiger partial charge in [-0.05, 0) is 47.1 Å².